The first-order chi connectivity index (χ1) is 9.90. The van der Waals surface area contributed by atoms with E-state index >= 15 is 0 Å². The van der Waals surface area contributed by atoms with E-state index in [0.29, 0.717) is 13.1 Å². The highest BCUT2D eigenvalue weighted by Gasteiger charge is 2.34. The number of hydrogen-bond acceptors (Lipinski definition) is 2. The summed E-state index contributed by atoms with van der Waals surface area (Å²) in [5.74, 6) is -1.000. The Labute approximate surface area is 124 Å². The summed E-state index contributed by atoms with van der Waals surface area (Å²) >= 11 is 0. The Bertz CT molecular complexity index is 583. The van der Waals surface area contributed by atoms with Crippen LogP contribution in [0.1, 0.15) is 24.8 Å². The third-order valence-corrected chi connectivity index (χ3v) is 3.56. The molecule has 0 saturated carbocycles. The summed E-state index contributed by atoms with van der Waals surface area (Å²) in [7, 11) is 1.73. The lowest BCUT2D eigenvalue weighted by molar-refractivity contribution is -0.137. The van der Waals surface area contributed by atoms with Crippen LogP contribution >= 0.6 is 0 Å². The van der Waals surface area contributed by atoms with Crippen molar-refractivity contribution in [2.45, 2.75) is 19.3 Å². The number of fused-ring (bicyclic) bond motifs is 1. The predicted molar refractivity (Wildman–Crippen MR) is 81.6 cm³/mol. The van der Waals surface area contributed by atoms with Gasteiger partial charge in [0.15, 0.2) is 0 Å². The summed E-state index contributed by atoms with van der Waals surface area (Å²) in [6.45, 7) is 6.58. The molecule has 1 N–H and O–H groups in total. The van der Waals surface area contributed by atoms with Gasteiger partial charge < -0.3 is 10.0 Å². The Morgan fingerprint density at radius 2 is 2.10 bits per heavy atom. The Morgan fingerprint density at radius 3 is 2.71 bits per heavy atom. The summed E-state index contributed by atoms with van der Waals surface area (Å²) in [5.41, 5.74) is 2.64. The SMILES string of the molecule is C=C(C)CN(C)C(=O)N1CC(CC(=O)O)c2ccccc21. The number of likely N-dealkylation sites (N-methyl/N-ethyl adjacent to an activating group) is 1. The molecule has 5 nitrogen and oxygen atoms in total. The number of carboxylic acid groups (broad SMARTS) is 1. The molecule has 1 aliphatic rings. The fraction of sp³-hybridized carbons (Fsp3) is 0.375. The zero-order chi connectivity index (χ0) is 15.6. The Morgan fingerprint density at radius 1 is 1.43 bits per heavy atom. The topological polar surface area (TPSA) is 60.9 Å². The summed E-state index contributed by atoms with van der Waals surface area (Å²) < 4.78 is 0. The van der Waals surface area contributed by atoms with Crippen molar-refractivity contribution in [1.29, 1.82) is 0 Å². The van der Waals surface area contributed by atoms with E-state index in [4.69, 9.17) is 5.11 Å². The molecule has 0 bridgehead atoms. The van der Waals surface area contributed by atoms with Gasteiger partial charge in [0.2, 0.25) is 0 Å². The fourth-order valence-electron chi connectivity index (χ4n) is 2.74. The van der Waals surface area contributed by atoms with Gasteiger partial charge in [-0.1, -0.05) is 30.4 Å². The van der Waals surface area contributed by atoms with Crippen LogP contribution < -0.4 is 4.90 Å². The van der Waals surface area contributed by atoms with Crippen LogP contribution in [0, 0.1) is 0 Å². The second-order valence-corrected chi connectivity index (χ2v) is 5.56. The first-order valence-corrected chi connectivity index (χ1v) is 6.88. The molecule has 0 fully saturated rings. The maximum Gasteiger partial charge on any atom is 0.324 e. The van der Waals surface area contributed by atoms with Crippen molar-refractivity contribution >= 4 is 17.7 Å². The second kappa shape index (κ2) is 5.99. The van der Waals surface area contributed by atoms with Crippen molar-refractivity contribution in [3.05, 3.63) is 42.0 Å². The first kappa shape index (κ1) is 15.1. The van der Waals surface area contributed by atoms with E-state index in [9.17, 15) is 9.59 Å². The zero-order valence-corrected chi connectivity index (χ0v) is 12.4. The van der Waals surface area contributed by atoms with Gasteiger partial charge in [0.05, 0.1) is 6.42 Å². The number of hydrogen-bond donors (Lipinski definition) is 1. The van der Waals surface area contributed by atoms with E-state index in [0.717, 1.165) is 16.8 Å². The maximum absolute atomic E-state index is 12.5. The molecule has 112 valence electrons. The van der Waals surface area contributed by atoms with Gasteiger partial charge in [-0.25, -0.2) is 4.79 Å². The second-order valence-electron chi connectivity index (χ2n) is 5.56. The van der Waals surface area contributed by atoms with Crippen molar-refractivity contribution in [2.24, 2.45) is 0 Å². The molecule has 2 rings (SSSR count). The predicted octanol–water partition coefficient (Wildman–Crippen LogP) is 2.69. The molecule has 0 aliphatic carbocycles. The number of nitrogens with zero attached hydrogens (tertiary/aromatic N) is 2. The number of rotatable bonds is 4. The number of para-hydroxylation sites is 1. The molecule has 2 amide bonds. The number of carbonyl (C=O) groups excluding carboxylic acids is 1. The Hall–Kier alpha value is -2.30. The lowest BCUT2D eigenvalue weighted by atomic mass is 9.98. The van der Waals surface area contributed by atoms with Crippen LogP contribution in [0.15, 0.2) is 36.4 Å². The average molecular weight is 288 g/mol. The quantitative estimate of drug-likeness (QED) is 0.866. The van der Waals surface area contributed by atoms with E-state index in [1.807, 2.05) is 31.2 Å². The lowest BCUT2D eigenvalue weighted by Crippen LogP contribution is -2.41. The molecule has 1 aromatic carbocycles. The zero-order valence-electron chi connectivity index (χ0n) is 12.4. The number of carboxylic acids is 1. The van der Waals surface area contributed by atoms with E-state index in [1.165, 1.54) is 0 Å². The van der Waals surface area contributed by atoms with Gasteiger partial charge in [0.25, 0.3) is 0 Å². The summed E-state index contributed by atoms with van der Waals surface area (Å²) in [5, 5.41) is 9.03. The van der Waals surface area contributed by atoms with Crippen LogP contribution in [0.5, 0.6) is 0 Å². The Kier molecular flexibility index (Phi) is 4.31. The van der Waals surface area contributed by atoms with E-state index in [-0.39, 0.29) is 18.4 Å². The molecule has 1 heterocycles. The molecule has 0 aromatic heterocycles. The van der Waals surface area contributed by atoms with Crippen LogP contribution in [0.3, 0.4) is 0 Å². The molecule has 0 saturated heterocycles. The Balaban J connectivity index is 2.24. The molecular weight excluding hydrogens is 268 g/mol. The van der Waals surface area contributed by atoms with Crippen molar-refractivity contribution in [1.82, 2.24) is 4.90 Å². The third kappa shape index (κ3) is 3.24. The van der Waals surface area contributed by atoms with Crippen LogP contribution in [0.25, 0.3) is 0 Å². The van der Waals surface area contributed by atoms with Gasteiger partial charge in [-0.3, -0.25) is 9.69 Å². The lowest BCUT2D eigenvalue weighted by Gasteiger charge is -2.25. The van der Waals surface area contributed by atoms with Gasteiger partial charge in [-0.2, -0.15) is 0 Å². The summed E-state index contributed by atoms with van der Waals surface area (Å²) in [6.07, 6.45) is 0.0327. The van der Waals surface area contributed by atoms with Crippen LogP contribution in [-0.4, -0.2) is 42.1 Å². The number of amides is 2. The largest absolute Gasteiger partial charge is 0.481 e. The molecule has 1 unspecified atom stereocenters. The summed E-state index contributed by atoms with van der Waals surface area (Å²) in [4.78, 5) is 26.8. The highest BCUT2D eigenvalue weighted by Crippen LogP contribution is 2.38. The van der Waals surface area contributed by atoms with Crippen LogP contribution in [-0.2, 0) is 4.79 Å². The highest BCUT2D eigenvalue weighted by atomic mass is 16.4. The molecule has 1 aliphatic heterocycles. The van der Waals surface area contributed by atoms with Gasteiger partial charge >= 0.3 is 12.0 Å². The minimum Gasteiger partial charge on any atom is -0.481 e. The summed E-state index contributed by atoms with van der Waals surface area (Å²) in [6, 6.07) is 7.37. The molecule has 1 atom stereocenters. The molecule has 0 radical (unpaired) electrons. The average Bonchev–Trinajstić information content (AvgIpc) is 2.75. The number of carbonyl (C=O) groups is 2. The minimum atomic E-state index is -0.848. The smallest absolute Gasteiger partial charge is 0.324 e. The van der Waals surface area contributed by atoms with E-state index < -0.39 is 5.97 Å². The molecular formula is C16H20N2O3. The standard InChI is InChI=1S/C16H20N2O3/c1-11(2)9-17(3)16(21)18-10-12(8-15(19)20)13-6-4-5-7-14(13)18/h4-7,12H,1,8-10H2,2-3H3,(H,19,20). The molecule has 5 heteroatoms. The van der Waals surface area contributed by atoms with Gasteiger partial charge in [0, 0.05) is 31.7 Å². The third-order valence-electron chi connectivity index (χ3n) is 3.56. The first-order valence-electron chi connectivity index (χ1n) is 6.88. The molecule has 21 heavy (non-hydrogen) atoms. The normalized spacial score (nSPS) is 16.5. The maximum atomic E-state index is 12.5. The van der Waals surface area contributed by atoms with Crippen molar-refractivity contribution in [3.63, 3.8) is 0 Å². The number of anilines is 1. The monoisotopic (exact) mass is 288 g/mol. The fourth-order valence-corrected chi connectivity index (χ4v) is 2.74. The van der Waals surface area contributed by atoms with Gasteiger partial charge in [-0.05, 0) is 18.6 Å². The van der Waals surface area contributed by atoms with E-state index in [1.54, 1.807) is 16.8 Å². The number of benzene rings is 1. The number of urea groups is 1. The molecule has 0 spiro atoms. The minimum absolute atomic E-state index is 0.0327. The van der Waals surface area contributed by atoms with Gasteiger partial charge in [0.1, 0.15) is 0 Å². The van der Waals surface area contributed by atoms with Crippen molar-refractivity contribution in [3.8, 4) is 0 Å². The van der Waals surface area contributed by atoms with Crippen molar-refractivity contribution in [2.75, 3.05) is 25.0 Å². The van der Waals surface area contributed by atoms with E-state index in [2.05, 4.69) is 6.58 Å². The van der Waals surface area contributed by atoms with Gasteiger partial charge in [-0.15, -0.1) is 0 Å². The number of aliphatic carboxylic acids is 1. The molecule has 1 aromatic rings. The van der Waals surface area contributed by atoms with Crippen molar-refractivity contribution < 1.29 is 14.7 Å². The van der Waals surface area contributed by atoms with Crippen LogP contribution in [0.4, 0.5) is 10.5 Å². The van der Waals surface area contributed by atoms with Crippen LogP contribution in [0.2, 0.25) is 0 Å². The highest BCUT2D eigenvalue weighted by molar-refractivity contribution is 5.95.